The number of methoxy groups -OCH3 is 1. The molecule has 1 aromatic carbocycles. The van der Waals surface area contributed by atoms with Gasteiger partial charge in [0.2, 0.25) is 0 Å². The molecular weight excluding hydrogens is 220 g/mol. The molecule has 0 aliphatic carbocycles. The van der Waals surface area contributed by atoms with Crippen LogP contribution < -0.4 is 10.5 Å². The molecule has 0 bridgehead atoms. The van der Waals surface area contributed by atoms with Crippen molar-refractivity contribution in [3.63, 3.8) is 0 Å². The number of ether oxygens (including phenoxy) is 2. The minimum absolute atomic E-state index is 0.234. The van der Waals surface area contributed by atoms with Crippen molar-refractivity contribution in [3.05, 3.63) is 23.8 Å². The molecule has 0 spiro atoms. The summed E-state index contributed by atoms with van der Waals surface area (Å²) in [5.41, 5.74) is 6.43. The number of nitrogen functional groups attached to an aromatic ring is 1. The minimum atomic E-state index is -0.447. The van der Waals surface area contributed by atoms with Crippen molar-refractivity contribution in [2.75, 3.05) is 19.5 Å². The number of anilines is 1. The van der Waals surface area contributed by atoms with Crippen molar-refractivity contribution < 1.29 is 14.3 Å². The Labute approximate surface area is 99.7 Å². The topological polar surface area (TPSA) is 85.3 Å². The summed E-state index contributed by atoms with van der Waals surface area (Å²) in [6, 6.07) is 6.68. The quantitative estimate of drug-likeness (QED) is 0.476. The predicted octanol–water partition coefficient (Wildman–Crippen LogP) is 1.74. The first-order chi connectivity index (χ1) is 8.19. The number of carbonyl (C=O) groups excluding carboxylic acids is 1. The zero-order valence-electron chi connectivity index (χ0n) is 9.60. The summed E-state index contributed by atoms with van der Waals surface area (Å²) in [4.78, 5) is 11.6. The van der Waals surface area contributed by atoms with E-state index in [9.17, 15) is 4.79 Å². The maximum atomic E-state index is 11.6. The van der Waals surface area contributed by atoms with Crippen LogP contribution in [0.25, 0.3) is 0 Å². The fourth-order valence-corrected chi connectivity index (χ4v) is 1.26. The van der Waals surface area contributed by atoms with Gasteiger partial charge in [-0.05, 0) is 24.6 Å². The van der Waals surface area contributed by atoms with Crippen LogP contribution in [0.2, 0.25) is 0 Å². The number of nitriles is 1. The fraction of sp³-hybridized carbons (Fsp3) is 0.333. The number of hydrogen-bond acceptors (Lipinski definition) is 5. The van der Waals surface area contributed by atoms with E-state index in [1.54, 1.807) is 12.1 Å². The molecular formula is C12H14N2O3. The maximum absolute atomic E-state index is 11.6. The highest BCUT2D eigenvalue weighted by Crippen LogP contribution is 2.22. The molecule has 17 heavy (non-hydrogen) atoms. The summed E-state index contributed by atoms with van der Waals surface area (Å²) < 4.78 is 9.95. The van der Waals surface area contributed by atoms with Crippen molar-refractivity contribution in [1.82, 2.24) is 0 Å². The van der Waals surface area contributed by atoms with Crippen molar-refractivity contribution in [1.29, 1.82) is 5.26 Å². The molecule has 2 N–H and O–H groups in total. The molecule has 0 aromatic heterocycles. The predicted molar refractivity (Wildman–Crippen MR) is 62.5 cm³/mol. The smallest absolute Gasteiger partial charge is 0.338 e. The first-order valence-corrected chi connectivity index (χ1v) is 5.16. The average molecular weight is 234 g/mol. The molecule has 0 atom stereocenters. The van der Waals surface area contributed by atoms with Gasteiger partial charge in [0.1, 0.15) is 5.75 Å². The van der Waals surface area contributed by atoms with Crippen molar-refractivity contribution in [3.8, 4) is 11.8 Å². The summed E-state index contributed by atoms with van der Waals surface area (Å²) in [6.07, 6.45) is 0.909. The van der Waals surface area contributed by atoms with Crippen LogP contribution in [0.15, 0.2) is 18.2 Å². The van der Waals surface area contributed by atoms with E-state index in [0.717, 1.165) is 0 Å². The number of rotatable bonds is 5. The Balaban J connectivity index is 2.58. The summed E-state index contributed by atoms with van der Waals surface area (Å²) >= 11 is 0. The molecule has 5 heteroatoms. The molecule has 0 fully saturated rings. The number of carbonyl (C=O) groups is 1. The van der Waals surface area contributed by atoms with Gasteiger partial charge < -0.3 is 15.2 Å². The van der Waals surface area contributed by atoms with Gasteiger partial charge in [0.15, 0.2) is 0 Å². The molecule has 0 saturated heterocycles. The van der Waals surface area contributed by atoms with Crippen LogP contribution in [-0.4, -0.2) is 19.7 Å². The Morgan fingerprint density at radius 1 is 1.53 bits per heavy atom. The maximum Gasteiger partial charge on any atom is 0.338 e. The Morgan fingerprint density at radius 2 is 2.29 bits per heavy atom. The first-order valence-electron chi connectivity index (χ1n) is 5.16. The van der Waals surface area contributed by atoms with E-state index >= 15 is 0 Å². The SMILES string of the molecule is COc1ccc(C(=O)OCCCC#N)cc1N. The Morgan fingerprint density at radius 3 is 2.88 bits per heavy atom. The van der Waals surface area contributed by atoms with Gasteiger partial charge in [0.05, 0.1) is 31.0 Å². The lowest BCUT2D eigenvalue weighted by Gasteiger charge is -2.07. The van der Waals surface area contributed by atoms with Crippen LogP contribution >= 0.6 is 0 Å². The monoisotopic (exact) mass is 234 g/mol. The lowest BCUT2D eigenvalue weighted by Crippen LogP contribution is -2.07. The number of esters is 1. The first kappa shape index (κ1) is 12.8. The Bertz CT molecular complexity index is 438. The highest BCUT2D eigenvalue weighted by atomic mass is 16.5. The van der Waals surface area contributed by atoms with Gasteiger partial charge in [-0.3, -0.25) is 0 Å². The minimum Gasteiger partial charge on any atom is -0.495 e. The van der Waals surface area contributed by atoms with Gasteiger partial charge in [-0.1, -0.05) is 0 Å². The van der Waals surface area contributed by atoms with E-state index in [4.69, 9.17) is 20.5 Å². The molecule has 0 amide bonds. The number of nitrogens with zero attached hydrogens (tertiary/aromatic N) is 1. The van der Waals surface area contributed by atoms with Crippen LogP contribution in [0.4, 0.5) is 5.69 Å². The van der Waals surface area contributed by atoms with Crippen LogP contribution in [0, 0.1) is 11.3 Å². The fourth-order valence-electron chi connectivity index (χ4n) is 1.26. The summed E-state index contributed by atoms with van der Waals surface area (Å²) in [6.45, 7) is 0.234. The normalized spacial score (nSPS) is 9.41. The highest BCUT2D eigenvalue weighted by Gasteiger charge is 2.09. The Hall–Kier alpha value is -2.22. The van der Waals surface area contributed by atoms with E-state index in [0.29, 0.717) is 29.8 Å². The van der Waals surface area contributed by atoms with Crippen molar-refractivity contribution in [2.45, 2.75) is 12.8 Å². The number of unbranched alkanes of at least 4 members (excludes halogenated alkanes) is 1. The lowest BCUT2D eigenvalue weighted by atomic mass is 10.2. The van der Waals surface area contributed by atoms with E-state index < -0.39 is 5.97 Å². The Kier molecular flexibility index (Phi) is 4.82. The molecule has 0 aliphatic heterocycles. The zero-order valence-corrected chi connectivity index (χ0v) is 9.60. The average Bonchev–Trinajstić information content (AvgIpc) is 2.34. The lowest BCUT2D eigenvalue weighted by molar-refractivity contribution is 0.0502. The molecule has 0 aliphatic rings. The molecule has 0 unspecified atom stereocenters. The third-order valence-electron chi connectivity index (χ3n) is 2.13. The van der Waals surface area contributed by atoms with Gasteiger partial charge in [-0.25, -0.2) is 4.79 Å². The standard InChI is InChI=1S/C12H14N2O3/c1-16-11-5-4-9(8-10(11)14)12(15)17-7-3-2-6-13/h4-5,8H,2-3,7,14H2,1H3. The third-order valence-corrected chi connectivity index (χ3v) is 2.13. The van der Waals surface area contributed by atoms with Gasteiger partial charge in [-0.2, -0.15) is 5.26 Å². The third kappa shape index (κ3) is 3.68. The largest absolute Gasteiger partial charge is 0.495 e. The molecule has 5 nitrogen and oxygen atoms in total. The second-order valence-corrected chi connectivity index (χ2v) is 3.35. The van der Waals surface area contributed by atoms with E-state index in [-0.39, 0.29) is 6.61 Å². The van der Waals surface area contributed by atoms with Crippen LogP contribution in [0.3, 0.4) is 0 Å². The van der Waals surface area contributed by atoms with E-state index in [1.807, 2.05) is 6.07 Å². The number of hydrogen-bond donors (Lipinski definition) is 1. The van der Waals surface area contributed by atoms with Gasteiger partial charge in [0.25, 0.3) is 0 Å². The molecule has 0 radical (unpaired) electrons. The van der Waals surface area contributed by atoms with Gasteiger partial charge in [0, 0.05) is 6.42 Å². The van der Waals surface area contributed by atoms with Crippen LogP contribution in [0.1, 0.15) is 23.2 Å². The van der Waals surface area contributed by atoms with Crippen LogP contribution in [0.5, 0.6) is 5.75 Å². The second-order valence-electron chi connectivity index (χ2n) is 3.35. The summed E-state index contributed by atoms with van der Waals surface area (Å²) in [5, 5.41) is 8.32. The van der Waals surface area contributed by atoms with Crippen molar-refractivity contribution in [2.24, 2.45) is 0 Å². The van der Waals surface area contributed by atoms with Crippen molar-refractivity contribution >= 4 is 11.7 Å². The van der Waals surface area contributed by atoms with Gasteiger partial charge in [-0.15, -0.1) is 0 Å². The molecule has 1 aromatic rings. The molecule has 0 saturated carbocycles. The molecule has 0 heterocycles. The second kappa shape index (κ2) is 6.38. The number of nitrogens with two attached hydrogens (primary N) is 1. The highest BCUT2D eigenvalue weighted by molar-refractivity contribution is 5.91. The molecule has 1 rings (SSSR count). The van der Waals surface area contributed by atoms with Crippen LogP contribution in [-0.2, 0) is 4.74 Å². The van der Waals surface area contributed by atoms with Gasteiger partial charge >= 0.3 is 5.97 Å². The van der Waals surface area contributed by atoms with E-state index in [2.05, 4.69) is 0 Å². The van der Waals surface area contributed by atoms with E-state index in [1.165, 1.54) is 13.2 Å². The number of benzene rings is 1. The zero-order chi connectivity index (χ0) is 12.7. The molecule has 90 valence electrons. The summed E-state index contributed by atoms with van der Waals surface area (Å²) in [7, 11) is 1.51. The summed E-state index contributed by atoms with van der Waals surface area (Å²) in [5.74, 6) is 0.0725.